The summed E-state index contributed by atoms with van der Waals surface area (Å²) in [7, 11) is 1.61. The molecule has 0 aromatic heterocycles. The highest BCUT2D eigenvalue weighted by Crippen LogP contribution is 2.21. The average Bonchev–Trinajstić information content (AvgIpc) is 3.10. The summed E-state index contributed by atoms with van der Waals surface area (Å²) in [4.78, 5) is 14.5. The zero-order valence-electron chi connectivity index (χ0n) is 15.3. The molecule has 0 bridgehead atoms. The maximum absolute atomic E-state index is 12.0. The number of amides is 2. The molecule has 26 heavy (non-hydrogen) atoms. The van der Waals surface area contributed by atoms with Crippen molar-refractivity contribution in [1.82, 2.24) is 10.2 Å². The Bertz CT molecular complexity index is 705. The maximum atomic E-state index is 12.0. The normalized spacial score (nSPS) is 17.0. The Kier molecular flexibility index (Phi) is 6.50. The first-order chi connectivity index (χ1) is 12.7. The van der Waals surface area contributed by atoms with Crippen LogP contribution in [-0.4, -0.2) is 37.7 Å². The standard InChI is InChI=1S/C21H27N3O2/c1-26-20-9-5-8-19(14-20)23-21(25)22-12-10-18-11-13-24(16-18)15-17-6-3-2-4-7-17/h2-9,14,18H,10-13,15-16H2,1H3,(H2,22,23,25)/t18-/m0/s1. The van der Waals surface area contributed by atoms with E-state index in [9.17, 15) is 4.79 Å². The van der Waals surface area contributed by atoms with Crippen LogP contribution in [0.1, 0.15) is 18.4 Å². The summed E-state index contributed by atoms with van der Waals surface area (Å²) < 4.78 is 5.16. The first-order valence-electron chi connectivity index (χ1n) is 9.18. The predicted molar refractivity (Wildman–Crippen MR) is 104 cm³/mol. The van der Waals surface area contributed by atoms with E-state index < -0.39 is 0 Å². The lowest BCUT2D eigenvalue weighted by Gasteiger charge is -2.16. The second kappa shape index (κ2) is 9.25. The molecule has 1 aliphatic heterocycles. The van der Waals surface area contributed by atoms with Crippen molar-refractivity contribution in [1.29, 1.82) is 0 Å². The van der Waals surface area contributed by atoms with Crippen molar-refractivity contribution in [3.05, 3.63) is 60.2 Å². The van der Waals surface area contributed by atoms with Crippen LogP contribution in [0.3, 0.4) is 0 Å². The Morgan fingerprint density at radius 2 is 2.04 bits per heavy atom. The quantitative estimate of drug-likeness (QED) is 0.797. The van der Waals surface area contributed by atoms with Crippen molar-refractivity contribution in [2.75, 3.05) is 32.1 Å². The van der Waals surface area contributed by atoms with Gasteiger partial charge in [0.1, 0.15) is 5.75 Å². The molecule has 1 fully saturated rings. The molecular formula is C21H27N3O2. The van der Waals surface area contributed by atoms with Crippen molar-refractivity contribution in [2.24, 2.45) is 5.92 Å². The maximum Gasteiger partial charge on any atom is 0.319 e. The molecule has 0 unspecified atom stereocenters. The van der Waals surface area contributed by atoms with Gasteiger partial charge in [0.15, 0.2) is 0 Å². The molecule has 5 nitrogen and oxygen atoms in total. The van der Waals surface area contributed by atoms with Crippen LogP contribution in [0.5, 0.6) is 5.75 Å². The molecule has 138 valence electrons. The number of ether oxygens (including phenoxy) is 1. The van der Waals surface area contributed by atoms with E-state index >= 15 is 0 Å². The predicted octanol–water partition coefficient (Wildman–Crippen LogP) is 3.73. The number of urea groups is 1. The molecule has 0 saturated carbocycles. The van der Waals surface area contributed by atoms with Crippen LogP contribution in [0.15, 0.2) is 54.6 Å². The molecule has 0 spiro atoms. The van der Waals surface area contributed by atoms with Gasteiger partial charge in [-0.25, -0.2) is 4.79 Å². The molecule has 5 heteroatoms. The highest BCUT2D eigenvalue weighted by Gasteiger charge is 2.22. The molecule has 0 radical (unpaired) electrons. The zero-order valence-corrected chi connectivity index (χ0v) is 15.3. The fourth-order valence-electron chi connectivity index (χ4n) is 3.40. The van der Waals surface area contributed by atoms with Gasteiger partial charge >= 0.3 is 6.03 Å². The van der Waals surface area contributed by atoms with E-state index in [-0.39, 0.29) is 6.03 Å². The van der Waals surface area contributed by atoms with E-state index in [4.69, 9.17) is 4.74 Å². The van der Waals surface area contributed by atoms with E-state index in [0.717, 1.165) is 37.5 Å². The summed E-state index contributed by atoms with van der Waals surface area (Å²) in [5, 5.41) is 5.79. The summed E-state index contributed by atoms with van der Waals surface area (Å²) in [6.45, 7) is 3.95. The minimum atomic E-state index is -0.169. The van der Waals surface area contributed by atoms with Crippen molar-refractivity contribution < 1.29 is 9.53 Å². The number of methoxy groups -OCH3 is 1. The third-order valence-electron chi connectivity index (χ3n) is 4.78. The number of hydrogen-bond acceptors (Lipinski definition) is 3. The molecule has 2 N–H and O–H groups in total. The fourth-order valence-corrected chi connectivity index (χ4v) is 3.40. The van der Waals surface area contributed by atoms with Gasteiger partial charge in [-0.3, -0.25) is 4.90 Å². The SMILES string of the molecule is COc1cccc(NC(=O)NCC[C@H]2CCN(Cc3ccccc3)C2)c1. The van der Waals surface area contributed by atoms with Gasteiger partial charge in [0.05, 0.1) is 7.11 Å². The lowest BCUT2D eigenvalue weighted by atomic mass is 10.1. The highest BCUT2D eigenvalue weighted by atomic mass is 16.5. The third kappa shape index (κ3) is 5.49. The van der Waals surface area contributed by atoms with Gasteiger partial charge < -0.3 is 15.4 Å². The Morgan fingerprint density at radius 1 is 1.19 bits per heavy atom. The van der Waals surface area contributed by atoms with Gasteiger partial charge in [-0.05, 0) is 43.0 Å². The van der Waals surface area contributed by atoms with Gasteiger partial charge in [-0.15, -0.1) is 0 Å². The van der Waals surface area contributed by atoms with Crippen molar-refractivity contribution >= 4 is 11.7 Å². The number of hydrogen-bond donors (Lipinski definition) is 2. The number of likely N-dealkylation sites (tertiary alicyclic amines) is 1. The van der Waals surface area contributed by atoms with Gasteiger partial charge in [0.25, 0.3) is 0 Å². The first-order valence-corrected chi connectivity index (χ1v) is 9.18. The topological polar surface area (TPSA) is 53.6 Å². The van der Waals surface area contributed by atoms with Gasteiger partial charge in [0.2, 0.25) is 0 Å². The summed E-state index contributed by atoms with van der Waals surface area (Å²) in [6.07, 6.45) is 2.21. The van der Waals surface area contributed by atoms with Crippen LogP contribution in [0, 0.1) is 5.92 Å². The molecule has 1 aliphatic rings. The van der Waals surface area contributed by atoms with E-state index in [0.29, 0.717) is 12.5 Å². The van der Waals surface area contributed by atoms with E-state index in [1.807, 2.05) is 18.2 Å². The smallest absolute Gasteiger partial charge is 0.319 e. The Morgan fingerprint density at radius 3 is 2.85 bits per heavy atom. The number of nitrogens with zero attached hydrogens (tertiary/aromatic N) is 1. The minimum Gasteiger partial charge on any atom is -0.497 e. The van der Waals surface area contributed by atoms with Gasteiger partial charge in [0, 0.05) is 31.4 Å². The molecule has 0 aliphatic carbocycles. The van der Waals surface area contributed by atoms with E-state index in [2.05, 4.69) is 45.9 Å². The first kappa shape index (κ1) is 18.3. The Hall–Kier alpha value is -2.53. The lowest BCUT2D eigenvalue weighted by molar-refractivity contribution is 0.251. The molecule has 2 aromatic carbocycles. The van der Waals surface area contributed by atoms with Crippen LogP contribution >= 0.6 is 0 Å². The second-order valence-electron chi connectivity index (χ2n) is 6.78. The Labute approximate surface area is 155 Å². The van der Waals surface area contributed by atoms with Crippen molar-refractivity contribution in [3.63, 3.8) is 0 Å². The number of carbonyl (C=O) groups excluding carboxylic acids is 1. The monoisotopic (exact) mass is 353 g/mol. The van der Waals surface area contributed by atoms with Crippen LogP contribution < -0.4 is 15.4 Å². The molecule has 1 heterocycles. The summed E-state index contributed by atoms with van der Waals surface area (Å²) in [5.41, 5.74) is 2.10. The van der Waals surface area contributed by atoms with Crippen LogP contribution in [-0.2, 0) is 6.54 Å². The van der Waals surface area contributed by atoms with Crippen LogP contribution in [0.4, 0.5) is 10.5 Å². The molecule has 2 amide bonds. The summed E-state index contributed by atoms with van der Waals surface area (Å²) in [5.74, 6) is 1.38. The average molecular weight is 353 g/mol. The molecular weight excluding hydrogens is 326 g/mol. The zero-order chi connectivity index (χ0) is 18.2. The highest BCUT2D eigenvalue weighted by molar-refractivity contribution is 5.89. The summed E-state index contributed by atoms with van der Waals surface area (Å²) >= 11 is 0. The largest absolute Gasteiger partial charge is 0.497 e. The van der Waals surface area contributed by atoms with Crippen molar-refractivity contribution in [3.8, 4) is 5.75 Å². The van der Waals surface area contributed by atoms with Gasteiger partial charge in [-0.2, -0.15) is 0 Å². The number of rotatable bonds is 7. The minimum absolute atomic E-state index is 0.169. The molecule has 1 atom stereocenters. The van der Waals surface area contributed by atoms with Gasteiger partial charge in [-0.1, -0.05) is 36.4 Å². The third-order valence-corrected chi connectivity index (χ3v) is 4.78. The second-order valence-corrected chi connectivity index (χ2v) is 6.78. The molecule has 2 aromatic rings. The van der Waals surface area contributed by atoms with Crippen LogP contribution in [0.25, 0.3) is 0 Å². The fraction of sp³-hybridized carbons (Fsp3) is 0.381. The van der Waals surface area contributed by atoms with E-state index in [1.54, 1.807) is 13.2 Å². The summed E-state index contributed by atoms with van der Waals surface area (Å²) in [6, 6.07) is 17.8. The Balaban J connectivity index is 1.35. The molecule has 1 saturated heterocycles. The number of anilines is 1. The van der Waals surface area contributed by atoms with E-state index in [1.165, 1.54) is 12.0 Å². The number of nitrogens with one attached hydrogen (secondary N) is 2. The number of benzene rings is 2. The van der Waals surface area contributed by atoms with Crippen molar-refractivity contribution in [2.45, 2.75) is 19.4 Å². The lowest BCUT2D eigenvalue weighted by Crippen LogP contribution is -2.31. The molecule has 3 rings (SSSR count). The number of carbonyl (C=O) groups is 1. The van der Waals surface area contributed by atoms with Crippen LogP contribution in [0.2, 0.25) is 0 Å².